The average molecular weight is 348 g/mol. The Kier molecular flexibility index (Phi) is 8.03. The van der Waals surface area contributed by atoms with Gasteiger partial charge in [-0.15, -0.1) is 0 Å². The van der Waals surface area contributed by atoms with E-state index in [1.54, 1.807) is 12.1 Å². The molecule has 0 bridgehead atoms. The molecule has 0 aliphatic carbocycles. The Morgan fingerprint density at radius 1 is 1.37 bits per heavy atom. The SMILES string of the molecule is CCCNC(CSC(C)C)Cc1cc(F)ccc1Br. The van der Waals surface area contributed by atoms with Crippen LogP contribution < -0.4 is 5.32 Å². The van der Waals surface area contributed by atoms with Crippen molar-refractivity contribution in [1.82, 2.24) is 5.32 Å². The number of benzene rings is 1. The first-order valence-electron chi connectivity index (χ1n) is 6.81. The van der Waals surface area contributed by atoms with Crippen molar-refractivity contribution >= 4 is 27.7 Å². The van der Waals surface area contributed by atoms with Crippen molar-refractivity contribution in [3.63, 3.8) is 0 Å². The quantitative estimate of drug-likeness (QED) is 0.734. The van der Waals surface area contributed by atoms with Crippen molar-refractivity contribution in [2.45, 2.75) is 44.9 Å². The van der Waals surface area contributed by atoms with E-state index in [9.17, 15) is 4.39 Å². The number of hydrogen-bond donors (Lipinski definition) is 1. The predicted molar refractivity (Wildman–Crippen MR) is 87.5 cm³/mol. The molecular formula is C15H23BrFNS. The molecule has 0 saturated heterocycles. The molecule has 0 heterocycles. The fraction of sp³-hybridized carbons (Fsp3) is 0.600. The molecule has 0 aliphatic heterocycles. The van der Waals surface area contributed by atoms with Gasteiger partial charge >= 0.3 is 0 Å². The first kappa shape index (κ1) is 17.0. The molecule has 4 heteroatoms. The van der Waals surface area contributed by atoms with Gasteiger partial charge in [0.05, 0.1) is 0 Å². The van der Waals surface area contributed by atoms with Gasteiger partial charge in [0, 0.05) is 16.3 Å². The molecule has 0 aliphatic rings. The predicted octanol–water partition coefficient (Wildman–Crippen LogP) is 4.64. The minimum Gasteiger partial charge on any atom is -0.313 e. The lowest BCUT2D eigenvalue weighted by Crippen LogP contribution is -2.34. The number of thioether (sulfide) groups is 1. The van der Waals surface area contributed by atoms with Crippen LogP contribution in [0, 0.1) is 5.82 Å². The first-order chi connectivity index (χ1) is 9.02. The maximum absolute atomic E-state index is 13.3. The van der Waals surface area contributed by atoms with Crippen LogP contribution >= 0.6 is 27.7 Å². The Bertz CT molecular complexity index is 384. The molecule has 0 radical (unpaired) electrons. The minimum atomic E-state index is -0.163. The maximum atomic E-state index is 13.3. The van der Waals surface area contributed by atoms with Crippen LogP contribution in [-0.2, 0) is 6.42 Å². The van der Waals surface area contributed by atoms with Gasteiger partial charge in [0.1, 0.15) is 5.82 Å². The van der Waals surface area contributed by atoms with Crippen LogP contribution in [0.2, 0.25) is 0 Å². The lowest BCUT2D eigenvalue weighted by Gasteiger charge is -2.20. The summed E-state index contributed by atoms with van der Waals surface area (Å²) in [7, 11) is 0. The third-order valence-electron chi connectivity index (χ3n) is 2.79. The zero-order chi connectivity index (χ0) is 14.3. The molecule has 1 atom stereocenters. The molecule has 108 valence electrons. The largest absolute Gasteiger partial charge is 0.313 e. The number of hydrogen-bond acceptors (Lipinski definition) is 2. The average Bonchev–Trinajstić information content (AvgIpc) is 2.36. The Balaban J connectivity index is 2.66. The highest BCUT2D eigenvalue weighted by molar-refractivity contribution is 9.10. The second-order valence-electron chi connectivity index (χ2n) is 4.97. The second kappa shape index (κ2) is 8.98. The second-order valence-corrected chi connectivity index (χ2v) is 7.44. The summed E-state index contributed by atoms with van der Waals surface area (Å²) >= 11 is 5.45. The molecule has 1 unspecified atom stereocenters. The molecule has 0 aromatic heterocycles. The van der Waals surface area contributed by atoms with Gasteiger partial charge in [-0.3, -0.25) is 0 Å². The monoisotopic (exact) mass is 347 g/mol. The molecule has 0 fully saturated rings. The Labute approximate surface area is 128 Å². The van der Waals surface area contributed by atoms with Crippen LogP contribution in [-0.4, -0.2) is 23.6 Å². The summed E-state index contributed by atoms with van der Waals surface area (Å²) in [5.41, 5.74) is 1.04. The van der Waals surface area contributed by atoms with Crippen molar-refractivity contribution in [3.05, 3.63) is 34.1 Å². The van der Waals surface area contributed by atoms with Crippen molar-refractivity contribution in [3.8, 4) is 0 Å². The van der Waals surface area contributed by atoms with E-state index in [1.807, 2.05) is 11.8 Å². The molecular weight excluding hydrogens is 325 g/mol. The van der Waals surface area contributed by atoms with Crippen molar-refractivity contribution in [2.75, 3.05) is 12.3 Å². The zero-order valence-electron chi connectivity index (χ0n) is 11.9. The highest BCUT2D eigenvalue weighted by Crippen LogP contribution is 2.21. The minimum absolute atomic E-state index is 0.163. The number of halogens is 2. The van der Waals surface area contributed by atoms with Crippen LogP contribution in [0.15, 0.2) is 22.7 Å². The summed E-state index contributed by atoms with van der Waals surface area (Å²) < 4.78 is 14.3. The summed E-state index contributed by atoms with van der Waals surface area (Å²) in [5.74, 6) is 0.893. The molecule has 0 amide bonds. The van der Waals surface area contributed by atoms with Crippen LogP contribution in [0.25, 0.3) is 0 Å². The van der Waals surface area contributed by atoms with Gasteiger partial charge in [-0.05, 0) is 48.4 Å². The van der Waals surface area contributed by atoms with E-state index in [0.29, 0.717) is 11.3 Å². The number of nitrogens with one attached hydrogen (secondary N) is 1. The first-order valence-corrected chi connectivity index (χ1v) is 8.66. The standard InChI is InChI=1S/C15H23BrFNS/c1-4-7-18-14(10-19-11(2)3)9-12-8-13(17)5-6-15(12)16/h5-6,8,11,14,18H,4,7,9-10H2,1-3H3. The van der Waals surface area contributed by atoms with E-state index in [2.05, 4.69) is 42.0 Å². The lowest BCUT2D eigenvalue weighted by molar-refractivity contribution is 0.546. The van der Waals surface area contributed by atoms with Crippen LogP contribution in [0.1, 0.15) is 32.8 Å². The van der Waals surface area contributed by atoms with E-state index >= 15 is 0 Å². The molecule has 1 aromatic carbocycles. The molecule has 0 spiro atoms. The van der Waals surface area contributed by atoms with Gasteiger partial charge in [-0.1, -0.05) is 36.7 Å². The highest BCUT2D eigenvalue weighted by Gasteiger charge is 2.12. The summed E-state index contributed by atoms with van der Waals surface area (Å²) in [6, 6.07) is 5.30. The highest BCUT2D eigenvalue weighted by atomic mass is 79.9. The molecule has 1 aromatic rings. The maximum Gasteiger partial charge on any atom is 0.123 e. The number of rotatable bonds is 8. The molecule has 1 rings (SSSR count). The summed E-state index contributed by atoms with van der Waals surface area (Å²) in [6.07, 6.45) is 1.98. The van der Waals surface area contributed by atoms with Gasteiger partial charge in [-0.2, -0.15) is 11.8 Å². The zero-order valence-corrected chi connectivity index (χ0v) is 14.3. The van der Waals surface area contributed by atoms with E-state index in [1.165, 1.54) is 6.07 Å². The normalized spacial score (nSPS) is 12.9. The van der Waals surface area contributed by atoms with Gasteiger partial charge in [-0.25, -0.2) is 4.39 Å². The Morgan fingerprint density at radius 3 is 2.74 bits per heavy atom. The lowest BCUT2D eigenvalue weighted by atomic mass is 10.1. The van der Waals surface area contributed by atoms with E-state index in [4.69, 9.17) is 0 Å². The third kappa shape index (κ3) is 6.77. The topological polar surface area (TPSA) is 12.0 Å². The van der Waals surface area contributed by atoms with Gasteiger partial charge in [0.25, 0.3) is 0 Å². The molecule has 1 N–H and O–H groups in total. The summed E-state index contributed by atoms with van der Waals surface area (Å²) in [4.78, 5) is 0. The van der Waals surface area contributed by atoms with E-state index in [-0.39, 0.29) is 5.82 Å². The van der Waals surface area contributed by atoms with Crippen molar-refractivity contribution in [1.29, 1.82) is 0 Å². The van der Waals surface area contributed by atoms with Crippen molar-refractivity contribution in [2.24, 2.45) is 0 Å². The molecule has 1 nitrogen and oxygen atoms in total. The fourth-order valence-electron chi connectivity index (χ4n) is 1.81. The molecule has 0 saturated carbocycles. The van der Waals surface area contributed by atoms with Gasteiger partial charge in [0.15, 0.2) is 0 Å². The summed E-state index contributed by atoms with van der Waals surface area (Å²) in [5, 5.41) is 4.18. The van der Waals surface area contributed by atoms with E-state index in [0.717, 1.165) is 35.2 Å². The van der Waals surface area contributed by atoms with Crippen LogP contribution in [0.3, 0.4) is 0 Å². The Morgan fingerprint density at radius 2 is 2.11 bits per heavy atom. The molecule has 19 heavy (non-hydrogen) atoms. The fourth-order valence-corrected chi connectivity index (χ4v) is 3.07. The van der Waals surface area contributed by atoms with Gasteiger partial charge in [0.2, 0.25) is 0 Å². The van der Waals surface area contributed by atoms with Crippen LogP contribution in [0.5, 0.6) is 0 Å². The van der Waals surface area contributed by atoms with E-state index < -0.39 is 0 Å². The van der Waals surface area contributed by atoms with Crippen molar-refractivity contribution < 1.29 is 4.39 Å². The Hall–Kier alpha value is -0.0600. The van der Waals surface area contributed by atoms with Crippen LogP contribution in [0.4, 0.5) is 4.39 Å². The third-order valence-corrected chi connectivity index (χ3v) is 4.82. The van der Waals surface area contributed by atoms with Gasteiger partial charge < -0.3 is 5.32 Å². The summed E-state index contributed by atoms with van der Waals surface area (Å²) in [6.45, 7) is 7.59. The smallest absolute Gasteiger partial charge is 0.123 e.